The Morgan fingerprint density at radius 2 is 1.55 bits per heavy atom. The summed E-state index contributed by atoms with van der Waals surface area (Å²) in [7, 11) is 1.46. The number of phenols is 1. The van der Waals surface area contributed by atoms with E-state index in [-0.39, 0.29) is 36.3 Å². The zero-order valence-corrected chi connectivity index (χ0v) is 27.4. The number of fused-ring (bicyclic) bond motifs is 4. The number of phenolic OH excluding ortho intramolecular Hbond substituents is 1. The first-order chi connectivity index (χ1) is 23.8. The molecule has 4 aromatic carbocycles. The first-order valence-electron chi connectivity index (χ1n) is 16.4. The molecular weight excluding hydrogens is 640 g/mol. The second-order valence-electron chi connectivity index (χ2n) is 13.2. The Labute approximate surface area is 288 Å². The number of amides is 4. The number of methoxy groups -OCH3 is 1. The molecule has 4 amide bonds. The normalized spacial score (nSPS) is 27.5. The average Bonchev–Trinajstić information content (AvgIpc) is 3.50. The first kappa shape index (κ1) is 31.1. The summed E-state index contributed by atoms with van der Waals surface area (Å²) in [5.41, 5.74) is 1.50. The second-order valence-corrected chi connectivity index (χ2v) is 13.7. The van der Waals surface area contributed by atoms with Crippen LogP contribution in [0.3, 0.4) is 0 Å². The van der Waals surface area contributed by atoms with Crippen molar-refractivity contribution in [1.82, 2.24) is 4.90 Å². The Balaban J connectivity index is 1.34. The number of nitrogens with zero attached hydrogens (tertiary/aromatic N) is 2. The van der Waals surface area contributed by atoms with Crippen molar-refractivity contribution in [2.75, 3.05) is 12.0 Å². The molecule has 0 radical (unpaired) electrons. The Morgan fingerprint density at radius 3 is 2.27 bits per heavy atom. The van der Waals surface area contributed by atoms with Crippen LogP contribution >= 0.6 is 11.6 Å². The van der Waals surface area contributed by atoms with E-state index in [0.717, 1.165) is 11.1 Å². The van der Waals surface area contributed by atoms with Crippen LogP contribution in [0.4, 0.5) is 5.69 Å². The van der Waals surface area contributed by atoms with E-state index in [1.807, 2.05) is 66.7 Å². The molecular formula is C40H33ClN2O6. The third-order valence-electron chi connectivity index (χ3n) is 11.0. The highest BCUT2D eigenvalue weighted by atomic mass is 35.5. The van der Waals surface area contributed by atoms with Gasteiger partial charge in [0.25, 0.3) is 0 Å². The number of anilines is 1. The van der Waals surface area contributed by atoms with Crippen molar-refractivity contribution in [3.05, 3.63) is 136 Å². The number of imide groups is 2. The number of carbonyl (C=O) groups excluding carboxylic acids is 4. The van der Waals surface area contributed by atoms with Gasteiger partial charge in [-0.2, -0.15) is 0 Å². The molecule has 4 aromatic rings. The number of carbonyl (C=O) groups is 4. The van der Waals surface area contributed by atoms with Crippen LogP contribution in [0, 0.1) is 23.7 Å². The molecule has 49 heavy (non-hydrogen) atoms. The van der Waals surface area contributed by atoms with Crippen LogP contribution in [-0.2, 0) is 31.1 Å². The summed E-state index contributed by atoms with van der Waals surface area (Å²) in [6.07, 6.45) is 2.44. The average molecular weight is 673 g/mol. The van der Waals surface area contributed by atoms with Crippen molar-refractivity contribution < 1.29 is 29.0 Å². The van der Waals surface area contributed by atoms with Gasteiger partial charge in [0.15, 0.2) is 11.5 Å². The van der Waals surface area contributed by atoms with Crippen LogP contribution in [0.2, 0.25) is 5.02 Å². The van der Waals surface area contributed by atoms with Crippen LogP contribution in [0.1, 0.15) is 35.4 Å². The molecule has 2 saturated heterocycles. The molecule has 0 bridgehead atoms. The molecule has 2 aliphatic carbocycles. The number of aromatic hydroxyl groups is 1. The molecule has 3 fully saturated rings. The van der Waals surface area contributed by atoms with Crippen LogP contribution in [0.25, 0.3) is 0 Å². The number of para-hydroxylation sites is 1. The fourth-order valence-electron chi connectivity index (χ4n) is 9.01. The van der Waals surface area contributed by atoms with Gasteiger partial charge in [0, 0.05) is 16.5 Å². The summed E-state index contributed by atoms with van der Waals surface area (Å²) in [4.78, 5) is 61.0. The first-order valence-corrected chi connectivity index (χ1v) is 16.8. The fourth-order valence-corrected chi connectivity index (χ4v) is 9.20. The van der Waals surface area contributed by atoms with Gasteiger partial charge in [-0.1, -0.05) is 102 Å². The molecule has 2 aliphatic heterocycles. The standard InChI is InChI=1S/C40H33ClN2O6/c1-49-32-17-9-16-29(35(32)44)34-27-18-19-28-33(38(47)42(36(28)45)22-23-10-4-2-5-11-23)30(27)21-31-37(46)43(26-15-8-14-25(41)20-26)39(48)40(31,34)24-12-6-3-7-13-24/h2-18,20,28,30-31,33-34,44H,19,21-22H2,1H3. The third-order valence-corrected chi connectivity index (χ3v) is 11.2. The monoisotopic (exact) mass is 672 g/mol. The number of ether oxygens (including phenoxy) is 1. The number of hydrogen-bond donors (Lipinski definition) is 1. The Bertz CT molecular complexity index is 2050. The van der Waals surface area contributed by atoms with Gasteiger partial charge in [-0.3, -0.25) is 24.1 Å². The summed E-state index contributed by atoms with van der Waals surface area (Å²) >= 11 is 6.38. The van der Waals surface area contributed by atoms with Crippen LogP contribution in [0.5, 0.6) is 11.5 Å². The van der Waals surface area contributed by atoms with E-state index in [1.54, 1.807) is 42.5 Å². The zero-order valence-electron chi connectivity index (χ0n) is 26.7. The van der Waals surface area contributed by atoms with Gasteiger partial charge < -0.3 is 9.84 Å². The minimum absolute atomic E-state index is 0.145. The molecule has 1 saturated carbocycles. The topological polar surface area (TPSA) is 104 Å². The number of allylic oxidation sites excluding steroid dienone is 2. The molecule has 8 nitrogen and oxygen atoms in total. The van der Waals surface area contributed by atoms with Gasteiger partial charge in [-0.05, 0) is 54.2 Å². The predicted octanol–water partition coefficient (Wildman–Crippen LogP) is 6.42. The minimum atomic E-state index is -1.49. The van der Waals surface area contributed by atoms with E-state index in [9.17, 15) is 19.5 Å². The molecule has 0 spiro atoms. The van der Waals surface area contributed by atoms with Crippen molar-refractivity contribution in [1.29, 1.82) is 0 Å². The molecule has 8 rings (SSSR count). The molecule has 9 heteroatoms. The molecule has 2 heterocycles. The maximum Gasteiger partial charge on any atom is 0.246 e. The van der Waals surface area contributed by atoms with Crippen LogP contribution < -0.4 is 9.64 Å². The van der Waals surface area contributed by atoms with Gasteiger partial charge in [-0.25, -0.2) is 4.90 Å². The molecule has 0 aromatic heterocycles. The summed E-state index contributed by atoms with van der Waals surface area (Å²) in [5.74, 6) is -4.93. The van der Waals surface area contributed by atoms with E-state index >= 15 is 4.79 Å². The zero-order chi connectivity index (χ0) is 34.0. The molecule has 6 atom stereocenters. The lowest BCUT2D eigenvalue weighted by Gasteiger charge is -2.50. The maximum absolute atomic E-state index is 15.3. The number of halogens is 1. The minimum Gasteiger partial charge on any atom is -0.504 e. The van der Waals surface area contributed by atoms with Crippen molar-refractivity contribution in [3.63, 3.8) is 0 Å². The van der Waals surface area contributed by atoms with Gasteiger partial charge in [0.2, 0.25) is 23.6 Å². The lowest BCUT2D eigenvalue weighted by molar-refractivity contribution is -0.141. The summed E-state index contributed by atoms with van der Waals surface area (Å²) < 4.78 is 5.53. The molecule has 6 unspecified atom stereocenters. The maximum atomic E-state index is 15.3. The quantitative estimate of drug-likeness (QED) is 0.187. The number of rotatable bonds is 6. The highest BCUT2D eigenvalue weighted by Crippen LogP contribution is 2.65. The Morgan fingerprint density at radius 1 is 0.837 bits per heavy atom. The lowest BCUT2D eigenvalue weighted by Crippen LogP contribution is -2.53. The molecule has 1 N–H and O–H groups in total. The highest BCUT2D eigenvalue weighted by molar-refractivity contribution is 6.32. The van der Waals surface area contributed by atoms with Gasteiger partial charge in [0.1, 0.15) is 0 Å². The van der Waals surface area contributed by atoms with E-state index in [4.69, 9.17) is 16.3 Å². The number of hydrogen-bond acceptors (Lipinski definition) is 6. The Hall–Kier alpha value is -5.21. The van der Waals surface area contributed by atoms with Crippen LogP contribution in [-0.4, -0.2) is 40.7 Å². The second kappa shape index (κ2) is 11.7. The highest BCUT2D eigenvalue weighted by Gasteiger charge is 2.70. The van der Waals surface area contributed by atoms with Crippen molar-refractivity contribution in [2.45, 2.75) is 30.7 Å². The van der Waals surface area contributed by atoms with E-state index in [1.165, 1.54) is 16.9 Å². The van der Waals surface area contributed by atoms with Gasteiger partial charge in [0.05, 0.1) is 42.5 Å². The van der Waals surface area contributed by atoms with E-state index in [2.05, 4.69) is 0 Å². The summed E-state index contributed by atoms with van der Waals surface area (Å²) in [6, 6.07) is 30.4. The SMILES string of the molecule is COc1cccc(C2C3=CCC4C(=O)N(Cc5ccccc5)C(=O)C4C3CC3C(=O)N(c4cccc(Cl)c4)C(=O)C32c2ccccc2)c1O. The number of benzene rings is 4. The van der Waals surface area contributed by atoms with Crippen LogP contribution in [0.15, 0.2) is 115 Å². The molecule has 4 aliphatic rings. The largest absolute Gasteiger partial charge is 0.504 e. The number of likely N-dealkylation sites (tertiary alicyclic amines) is 1. The van der Waals surface area contributed by atoms with Gasteiger partial charge in [-0.15, -0.1) is 0 Å². The summed E-state index contributed by atoms with van der Waals surface area (Å²) in [5, 5.41) is 12.1. The predicted molar refractivity (Wildman–Crippen MR) is 183 cm³/mol. The van der Waals surface area contributed by atoms with E-state index < -0.39 is 46.8 Å². The fraction of sp³-hybridized carbons (Fsp3) is 0.250. The Kier molecular flexibility index (Phi) is 7.45. The third kappa shape index (κ3) is 4.50. The lowest BCUT2D eigenvalue weighted by atomic mass is 9.49. The summed E-state index contributed by atoms with van der Waals surface area (Å²) in [6.45, 7) is 0.158. The van der Waals surface area contributed by atoms with Crippen molar-refractivity contribution >= 4 is 40.9 Å². The molecule has 246 valence electrons. The van der Waals surface area contributed by atoms with Gasteiger partial charge >= 0.3 is 0 Å². The van der Waals surface area contributed by atoms with Crippen molar-refractivity contribution in [3.8, 4) is 11.5 Å². The van der Waals surface area contributed by atoms with E-state index in [0.29, 0.717) is 28.3 Å². The van der Waals surface area contributed by atoms with Crippen molar-refractivity contribution in [2.24, 2.45) is 23.7 Å². The smallest absolute Gasteiger partial charge is 0.246 e.